The van der Waals surface area contributed by atoms with Crippen molar-refractivity contribution in [2.45, 2.75) is 38.3 Å². The topological polar surface area (TPSA) is 56.1 Å². The summed E-state index contributed by atoms with van der Waals surface area (Å²) in [5, 5.41) is 3.05. The molecule has 3 rings (SSSR count). The predicted octanol–water partition coefficient (Wildman–Crippen LogP) is 2.09. The first-order valence-electron chi connectivity index (χ1n) is 7.77. The van der Waals surface area contributed by atoms with E-state index < -0.39 is 5.82 Å². The summed E-state index contributed by atoms with van der Waals surface area (Å²) in [4.78, 5) is 16.4. The Balaban J connectivity index is 1.49. The Morgan fingerprint density at radius 2 is 2.39 bits per heavy atom. The average Bonchev–Trinajstić information content (AvgIpc) is 3.01. The quantitative estimate of drug-likeness (QED) is 0.919. The zero-order valence-corrected chi connectivity index (χ0v) is 13.1. The Kier molecular flexibility index (Phi) is 4.60. The second kappa shape index (κ2) is 6.81. The lowest BCUT2D eigenvalue weighted by molar-refractivity contribution is -0.122. The molecule has 122 valence electrons. The number of benzene rings is 1. The van der Waals surface area contributed by atoms with Crippen molar-refractivity contribution < 1.29 is 13.9 Å². The smallest absolute Gasteiger partial charge is 0.220 e. The molecule has 0 unspecified atom stereocenters. The average molecular weight is 317 g/mol. The van der Waals surface area contributed by atoms with Gasteiger partial charge in [-0.25, -0.2) is 9.37 Å². The van der Waals surface area contributed by atoms with Crippen molar-refractivity contribution in [2.75, 3.05) is 7.11 Å². The number of ether oxygens (including phenoxy) is 1. The standard InChI is InChI=1S/C17H20FN3O2/c1-23-15-5-2-12(10-14(15)18)3-7-17(22)20-13-4-6-16-19-8-9-21(16)11-13/h2,5,8-10,13H,3-4,6-7,11H2,1H3,(H,20,22)/t13-/m0/s1. The van der Waals surface area contributed by atoms with E-state index in [0.717, 1.165) is 30.8 Å². The van der Waals surface area contributed by atoms with Crippen LogP contribution in [0, 0.1) is 5.82 Å². The molecular weight excluding hydrogens is 297 g/mol. The van der Waals surface area contributed by atoms with Crippen LogP contribution in [0.5, 0.6) is 5.75 Å². The molecule has 1 aromatic carbocycles. The number of nitrogens with zero attached hydrogens (tertiary/aromatic N) is 2. The molecule has 1 atom stereocenters. The van der Waals surface area contributed by atoms with Crippen molar-refractivity contribution >= 4 is 5.91 Å². The second-order valence-electron chi connectivity index (χ2n) is 5.77. The summed E-state index contributed by atoms with van der Waals surface area (Å²) >= 11 is 0. The van der Waals surface area contributed by atoms with E-state index in [0.29, 0.717) is 12.8 Å². The number of aromatic nitrogens is 2. The second-order valence-corrected chi connectivity index (χ2v) is 5.77. The number of halogens is 1. The van der Waals surface area contributed by atoms with Crippen molar-refractivity contribution in [2.24, 2.45) is 0 Å². The normalized spacial score (nSPS) is 16.7. The molecule has 1 N–H and O–H groups in total. The van der Waals surface area contributed by atoms with Crippen molar-refractivity contribution in [1.82, 2.24) is 14.9 Å². The van der Waals surface area contributed by atoms with Gasteiger partial charge in [0.15, 0.2) is 11.6 Å². The summed E-state index contributed by atoms with van der Waals surface area (Å²) in [7, 11) is 1.43. The maximum atomic E-state index is 13.6. The molecular formula is C17H20FN3O2. The zero-order valence-electron chi connectivity index (χ0n) is 13.1. The molecule has 1 amide bonds. The van der Waals surface area contributed by atoms with Crippen LogP contribution in [0.3, 0.4) is 0 Å². The van der Waals surface area contributed by atoms with Gasteiger partial charge in [-0.15, -0.1) is 0 Å². The fourth-order valence-electron chi connectivity index (χ4n) is 2.91. The number of carbonyl (C=O) groups is 1. The fourth-order valence-corrected chi connectivity index (χ4v) is 2.91. The van der Waals surface area contributed by atoms with Crippen LogP contribution in [0.1, 0.15) is 24.2 Å². The summed E-state index contributed by atoms with van der Waals surface area (Å²) < 4.78 is 20.6. The Labute approximate surface area is 134 Å². The maximum absolute atomic E-state index is 13.6. The van der Waals surface area contributed by atoms with Gasteiger partial charge in [-0.3, -0.25) is 4.79 Å². The molecule has 0 bridgehead atoms. The highest BCUT2D eigenvalue weighted by atomic mass is 19.1. The number of imidazole rings is 1. The molecule has 0 spiro atoms. The third-order valence-electron chi connectivity index (χ3n) is 4.16. The number of nitrogens with one attached hydrogen (secondary N) is 1. The SMILES string of the molecule is COc1ccc(CCC(=O)N[C@H]2CCc3nccn3C2)cc1F. The summed E-state index contributed by atoms with van der Waals surface area (Å²) in [5.41, 5.74) is 0.791. The lowest BCUT2D eigenvalue weighted by atomic mass is 10.1. The van der Waals surface area contributed by atoms with Gasteiger partial charge in [0.2, 0.25) is 5.91 Å². The Hall–Kier alpha value is -2.37. The molecule has 23 heavy (non-hydrogen) atoms. The van der Waals surface area contributed by atoms with Crippen molar-refractivity contribution in [3.8, 4) is 5.75 Å². The van der Waals surface area contributed by atoms with Gasteiger partial charge in [-0.1, -0.05) is 6.07 Å². The number of rotatable bonds is 5. The molecule has 0 fully saturated rings. The minimum absolute atomic E-state index is 0.00482. The van der Waals surface area contributed by atoms with Gasteiger partial charge in [-0.05, 0) is 30.5 Å². The molecule has 1 aromatic heterocycles. The van der Waals surface area contributed by atoms with Crippen LogP contribution in [0.25, 0.3) is 0 Å². The molecule has 2 heterocycles. The minimum atomic E-state index is -0.398. The van der Waals surface area contributed by atoms with Gasteiger partial charge in [0.1, 0.15) is 5.82 Å². The van der Waals surface area contributed by atoms with Crippen molar-refractivity contribution in [3.63, 3.8) is 0 Å². The summed E-state index contributed by atoms with van der Waals surface area (Å²) in [6.07, 6.45) is 6.36. The maximum Gasteiger partial charge on any atom is 0.220 e. The fraction of sp³-hybridized carbons (Fsp3) is 0.412. The minimum Gasteiger partial charge on any atom is -0.494 e. The first kappa shape index (κ1) is 15.5. The number of amides is 1. The van der Waals surface area contributed by atoms with Crippen LogP contribution in [0.2, 0.25) is 0 Å². The van der Waals surface area contributed by atoms with E-state index in [1.807, 2.05) is 6.20 Å². The van der Waals surface area contributed by atoms with Gasteiger partial charge in [-0.2, -0.15) is 0 Å². The zero-order chi connectivity index (χ0) is 16.2. The summed E-state index contributed by atoms with van der Waals surface area (Å²) in [6.45, 7) is 0.762. The van der Waals surface area contributed by atoms with E-state index in [4.69, 9.17) is 4.74 Å². The number of hydrogen-bond acceptors (Lipinski definition) is 3. The number of fused-ring (bicyclic) bond motifs is 1. The Morgan fingerprint density at radius 3 is 3.17 bits per heavy atom. The molecule has 2 aromatic rings. The largest absolute Gasteiger partial charge is 0.494 e. The number of methoxy groups -OCH3 is 1. The molecule has 0 saturated heterocycles. The highest BCUT2D eigenvalue weighted by Gasteiger charge is 2.20. The van der Waals surface area contributed by atoms with Crippen LogP contribution in [0.15, 0.2) is 30.6 Å². The van der Waals surface area contributed by atoms with Crippen molar-refractivity contribution in [3.05, 3.63) is 47.8 Å². The van der Waals surface area contributed by atoms with Gasteiger partial charge in [0.05, 0.1) is 7.11 Å². The van der Waals surface area contributed by atoms with E-state index in [-0.39, 0.29) is 17.7 Å². The molecule has 0 radical (unpaired) electrons. The third kappa shape index (κ3) is 3.70. The molecule has 0 saturated carbocycles. The van der Waals surface area contributed by atoms with E-state index in [9.17, 15) is 9.18 Å². The molecule has 1 aliphatic heterocycles. The van der Waals surface area contributed by atoms with Gasteiger partial charge < -0.3 is 14.6 Å². The molecule has 0 aliphatic carbocycles. The van der Waals surface area contributed by atoms with Crippen molar-refractivity contribution in [1.29, 1.82) is 0 Å². The molecule has 6 heteroatoms. The predicted molar refractivity (Wildman–Crippen MR) is 83.8 cm³/mol. The molecule has 5 nitrogen and oxygen atoms in total. The lowest BCUT2D eigenvalue weighted by Crippen LogP contribution is -2.40. The summed E-state index contributed by atoms with van der Waals surface area (Å²) in [5.74, 6) is 0.890. The Bertz CT molecular complexity index is 699. The highest BCUT2D eigenvalue weighted by molar-refractivity contribution is 5.76. The van der Waals surface area contributed by atoms with Crippen LogP contribution in [-0.4, -0.2) is 28.6 Å². The van der Waals surface area contributed by atoms with E-state index in [1.54, 1.807) is 18.3 Å². The molecule has 1 aliphatic rings. The van der Waals surface area contributed by atoms with E-state index in [1.165, 1.54) is 13.2 Å². The summed E-state index contributed by atoms with van der Waals surface area (Å²) in [6, 6.07) is 4.93. The van der Waals surface area contributed by atoms with Crippen LogP contribution in [-0.2, 0) is 24.2 Å². The number of hydrogen-bond donors (Lipinski definition) is 1. The van der Waals surface area contributed by atoms with Gasteiger partial charge in [0.25, 0.3) is 0 Å². The van der Waals surface area contributed by atoms with Gasteiger partial charge >= 0.3 is 0 Å². The highest BCUT2D eigenvalue weighted by Crippen LogP contribution is 2.18. The van der Waals surface area contributed by atoms with E-state index in [2.05, 4.69) is 14.9 Å². The first-order valence-corrected chi connectivity index (χ1v) is 7.77. The first-order chi connectivity index (χ1) is 11.2. The monoisotopic (exact) mass is 317 g/mol. The Morgan fingerprint density at radius 1 is 1.52 bits per heavy atom. The number of aryl methyl sites for hydroxylation is 2. The lowest BCUT2D eigenvalue weighted by Gasteiger charge is -2.24. The van der Waals surface area contributed by atoms with Gasteiger partial charge in [0, 0.05) is 37.8 Å². The van der Waals surface area contributed by atoms with Crippen LogP contribution in [0.4, 0.5) is 4.39 Å². The number of carbonyl (C=O) groups excluding carboxylic acids is 1. The van der Waals surface area contributed by atoms with Crippen LogP contribution >= 0.6 is 0 Å². The third-order valence-corrected chi connectivity index (χ3v) is 4.16. The van der Waals surface area contributed by atoms with Crippen LogP contribution < -0.4 is 10.1 Å². The van der Waals surface area contributed by atoms with E-state index >= 15 is 0 Å².